The molecule has 6 nitrogen and oxygen atoms in total. The van der Waals surface area contributed by atoms with Gasteiger partial charge in [-0.3, -0.25) is 9.10 Å². The molecule has 0 aliphatic carbocycles. The zero-order chi connectivity index (χ0) is 25.4. The van der Waals surface area contributed by atoms with Crippen molar-refractivity contribution in [3.63, 3.8) is 0 Å². The van der Waals surface area contributed by atoms with Gasteiger partial charge in [-0.15, -0.1) is 0 Å². The standard InChI is InChI=1S/C27H31ClN2O4S/c1-4-34-24-14-12-23(13-15-24)30(35(32,33)25-16-10-22(28)11-17-25)19-27(31)29-26(18-20(2)3)21-8-6-5-7-9-21/h5-17,20,26H,4,18-19H2,1-3H3,(H,29,31)/t26-/m1/s1. The van der Waals surface area contributed by atoms with Gasteiger partial charge in [-0.1, -0.05) is 55.8 Å². The van der Waals surface area contributed by atoms with E-state index in [0.29, 0.717) is 29.0 Å². The van der Waals surface area contributed by atoms with Crippen LogP contribution in [0, 0.1) is 5.92 Å². The molecule has 186 valence electrons. The summed E-state index contributed by atoms with van der Waals surface area (Å²) in [5.41, 5.74) is 1.33. The maximum absolute atomic E-state index is 13.6. The van der Waals surface area contributed by atoms with E-state index in [4.69, 9.17) is 16.3 Å². The van der Waals surface area contributed by atoms with E-state index >= 15 is 0 Å². The number of halogens is 1. The van der Waals surface area contributed by atoms with Crippen molar-refractivity contribution in [2.45, 2.75) is 38.1 Å². The molecule has 1 N–H and O–H groups in total. The van der Waals surface area contributed by atoms with Crippen LogP contribution in [0.1, 0.15) is 38.8 Å². The van der Waals surface area contributed by atoms with Crippen molar-refractivity contribution < 1.29 is 17.9 Å². The summed E-state index contributed by atoms with van der Waals surface area (Å²) in [6.45, 7) is 6.15. The normalized spacial score (nSPS) is 12.3. The molecule has 0 aliphatic rings. The van der Waals surface area contributed by atoms with E-state index in [9.17, 15) is 13.2 Å². The molecule has 0 saturated heterocycles. The van der Waals surface area contributed by atoms with Gasteiger partial charge >= 0.3 is 0 Å². The van der Waals surface area contributed by atoms with Gasteiger partial charge in [0.1, 0.15) is 12.3 Å². The van der Waals surface area contributed by atoms with Crippen LogP contribution < -0.4 is 14.4 Å². The molecule has 0 fully saturated rings. The van der Waals surface area contributed by atoms with Crippen LogP contribution in [0.4, 0.5) is 5.69 Å². The van der Waals surface area contributed by atoms with Crippen molar-refractivity contribution in [2.24, 2.45) is 5.92 Å². The van der Waals surface area contributed by atoms with Crippen molar-refractivity contribution >= 4 is 33.2 Å². The SMILES string of the molecule is CCOc1ccc(N(CC(=O)N[C@H](CC(C)C)c2ccccc2)S(=O)(=O)c2ccc(Cl)cc2)cc1. The first-order chi connectivity index (χ1) is 16.7. The Hall–Kier alpha value is -3.03. The van der Waals surface area contributed by atoms with E-state index in [0.717, 1.165) is 16.3 Å². The minimum absolute atomic E-state index is 0.0466. The van der Waals surface area contributed by atoms with E-state index in [1.165, 1.54) is 24.3 Å². The van der Waals surface area contributed by atoms with Gasteiger partial charge in [0.05, 0.1) is 23.2 Å². The highest BCUT2D eigenvalue weighted by Crippen LogP contribution is 2.27. The van der Waals surface area contributed by atoms with Gasteiger partial charge < -0.3 is 10.1 Å². The molecule has 0 saturated carbocycles. The van der Waals surface area contributed by atoms with Crippen molar-refractivity contribution in [1.82, 2.24) is 5.32 Å². The fourth-order valence-electron chi connectivity index (χ4n) is 3.73. The Morgan fingerprint density at radius 2 is 1.60 bits per heavy atom. The number of carbonyl (C=O) groups excluding carboxylic acids is 1. The summed E-state index contributed by atoms with van der Waals surface area (Å²) >= 11 is 5.96. The molecule has 3 aromatic carbocycles. The van der Waals surface area contributed by atoms with E-state index in [-0.39, 0.29) is 17.5 Å². The van der Waals surface area contributed by atoms with Crippen LogP contribution in [-0.4, -0.2) is 27.5 Å². The maximum atomic E-state index is 13.6. The highest BCUT2D eigenvalue weighted by atomic mass is 35.5. The van der Waals surface area contributed by atoms with Crippen molar-refractivity contribution in [3.05, 3.63) is 89.4 Å². The molecule has 0 bridgehead atoms. The van der Waals surface area contributed by atoms with E-state index in [1.807, 2.05) is 37.3 Å². The molecular formula is C27H31ClN2O4S. The largest absolute Gasteiger partial charge is 0.494 e. The molecule has 0 unspecified atom stereocenters. The minimum atomic E-state index is -4.04. The second kappa shape index (κ2) is 12.1. The Morgan fingerprint density at radius 3 is 2.17 bits per heavy atom. The number of nitrogens with zero attached hydrogens (tertiary/aromatic N) is 1. The number of sulfonamides is 1. The summed E-state index contributed by atoms with van der Waals surface area (Å²) in [6, 6.07) is 22.0. The molecule has 1 amide bonds. The Balaban J connectivity index is 1.92. The Labute approximate surface area is 212 Å². The zero-order valence-electron chi connectivity index (χ0n) is 20.1. The number of hydrogen-bond acceptors (Lipinski definition) is 4. The molecule has 0 radical (unpaired) electrons. The van der Waals surface area contributed by atoms with E-state index in [1.54, 1.807) is 24.3 Å². The first kappa shape index (κ1) is 26.6. The molecule has 8 heteroatoms. The van der Waals surface area contributed by atoms with Gasteiger partial charge in [0.25, 0.3) is 10.0 Å². The summed E-state index contributed by atoms with van der Waals surface area (Å²) in [7, 11) is -4.04. The lowest BCUT2D eigenvalue weighted by atomic mass is 9.97. The predicted molar refractivity (Wildman–Crippen MR) is 140 cm³/mol. The second-order valence-corrected chi connectivity index (χ2v) is 10.9. The fraction of sp³-hybridized carbons (Fsp3) is 0.296. The average Bonchev–Trinajstić information content (AvgIpc) is 2.83. The highest BCUT2D eigenvalue weighted by molar-refractivity contribution is 7.92. The second-order valence-electron chi connectivity index (χ2n) is 8.55. The Morgan fingerprint density at radius 1 is 0.971 bits per heavy atom. The predicted octanol–water partition coefficient (Wildman–Crippen LogP) is 5.84. The molecule has 1 atom stereocenters. The third-order valence-electron chi connectivity index (χ3n) is 5.37. The minimum Gasteiger partial charge on any atom is -0.494 e. The number of rotatable bonds is 11. The number of benzene rings is 3. The van der Waals surface area contributed by atoms with Crippen molar-refractivity contribution in [2.75, 3.05) is 17.5 Å². The van der Waals surface area contributed by atoms with E-state index < -0.39 is 15.9 Å². The van der Waals surface area contributed by atoms with Gasteiger partial charge in [-0.2, -0.15) is 0 Å². The smallest absolute Gasteiger partial charge is 0.264 e. The molecule has 0 heterocycles. The summed E-state index contributed by atoms with van der Waals surface area (Å²) in [4.78, 5) is 13.3. The third kappa shape index (κ3) is 7.23. The monoisotopic (exact) mass is 514 g/mol. The van der Waals surface area contributed by atoms with Gasteiger partial charge in [0.2, 0.25) is 5.91 Å². The Bertz CT molecular complexity index is 1200. The summed E-state index contributed by atoms with van der Waals surface area (Å²) < 4.78 is 33.8. The number of amides is 1. The quantitative estimate of drug-likeness (QED) is 0.349. The van der Waals surface area contributed by atoms with Crippen LogP contribution >= 0.6 is 11.6 Å². The van der Waals surface area contributed by atoms with Gasteiger partial charge in [0, 0.05) is 5.02 Å². The van der Waals surface area contributed by atoms with Crippen molar-refractivity contribution in [3.8, 4) is 5.75 Å². The average molecular weight is 515 g/mol. The van der Waals surface area contributed by atoms with Gasteiger partial charge in [-0.25, -0.2) is 8.42 Å². The lowest BCUT2D eigenvalue weighted by Crippen LogP contribution is -2.42. The topological polar surface area (TPSA) is 75.7 Å². The number of nitrogens with one attached hydrogen (secondary N) is 1. The van der Waals surface area contributed by atoms with Gasteiger partial charge in [0.15, 0.2) is 0 Å². The first-order valence-corrected chi connectivity index (χ1v) is 13.4. The lowest BCUT2D eigenvalue weighted by Gasteiger charge is -2.26. The van der Waals surface area contributed by atoms with E-state index in [2.05, 4.69) is 19.2 Å². The van der Waals surface area contributed by atoms with Crippen LogP contribution in [0.15, 0.2) is 83.8 Å². The molecule has 0 aliphatic heterocycles. The molecule has 3 aromatic rings. The highest BCUT2D eigenvalue weighted by Gasteiger charge is 2.28. The fourth-order valence-corrected chi connectivity index (χ4v) is 5.28. The van der Waals surface area contributed by atoms with Crippen LogP contribution in [-0.2, 0) is 14.8 Å². The van der Waals surface area contributed by atoms with Crippen LogP contribution in [0.2, 0.25) is 5.02 Å². The zero-order valence-corrected chi connectivity index (χ0v) is 21.7. The molecule has 35 heavy (non-hydrogen) atoms. The molecule has 3 rings (SSSR count). The number of carbonyl (C=O) groups is 1. The van der Waals surface area contributed by atoms with Crippen LogP contribution in [0.3, 0.4) is 0 Å². The summed E-state index contributed by atoms with van der Waals surface area (Å²) in [6.07, 6.45) is 0.725. The Kier molecular flexibility index (Phi) is 9.18. The maximum Gasteiger partial charge on any atom is 0.264 e. The van der Waals surface area contributed by atoms with Crippen molar-refractivity contribution in [1.29, 1.82) is 0 Å². The number of hydrogen-bond donors (Lipinski definition) is 1. The first-order valence-electron chi connectivity index (χ1n) is 11.6. The molecular weight excluding hydrogens is 484 g/mol. The van der Waals surface area contributed by atoms with Crippen LogP contribution in [0.5, 0.6) is 5.75 Å². The molecule has 0 aromatic heterocycles. The number of anilines is 1. The summed E-state index contributed by atoms with van der Waals surface area (Å²) in [5, 5.41) is 3.46. The van der Waals surface area contributed by atoms with Gasteiger partial charge in [-0.05, 0) is 73.4 Å². The third-order valence-corrected chi connectivity index (χ3v) is 7.41. The number of ether oxygens (including phenoxy) is 1. The van der Waals surface area contributed by atoms with Crippen LogP contribution in [0.25, 0.3) is 0 Å². The summed E-state index contributed by atoms with van der Waals surface area (Å²) in [5.74, 6) is 0.553. The lowest BCUT2D eigenvalue weighted by molar-refractivity contribution is -0.120. The molecule has 0 spiro atoms.